The Morgan fingerprint density at radius 3 is 2.42 bits per heavy atom. The summed E-state index contributed by atoms with van der Waals surface area (Å²) in [4.78, 5) is 0. The molecule has 1 heterocycles. The molecule has 0 radical (unpaired) electrons. The first-order valence-electron chi connectivity index (χ1n) is 6.61. The molecule has 0 N–H and O–H groups in total. The highest BCUT2D eigenvalue weighted by Crippen LogP contribution is 2.30. The Morgan fingerprint density at radius 1 is 0.958 bits per heavy atom. The Kier molecular flexibility index (Phi) is 4.83. The van der Waals surface area contributed by atoms with Crippen molar-refractivity contribution in [2.75, 3.05) is 0 Å². The van der Waals surface area contributed by atoms with Crippen LogP contribution in [0, 0.1) is 0 Å². The maximum absolute atomic E-state index is 12.4. The normalized spacial score (nSPS) is 11.6. The standard InChI is InChI=1S/C15H9Cl3N2O3S/c16-10-3-1-2-9(6-10)8-24(21,22)15-20-19-14(23-15)12-5-4-11(17)7-13(12)18/h1-7H,8H2. The van der Waals surface area contributed by atoms with E-state index in [-0.39, 0.29) is 16.7 Å². The minimum absolute atomic E-state index is 0.00124. The van der Waals surface area contributed by atoms with Gasteiger partial charge in [0.25, 0.3) is 0 Å². The molecule has 124 valence electrons. The summed E-state index contributed by atoms with van der Waals surface area (Å²) in [6.07, 6.45) is 0. The molecule has 0 aliphatic carbocycles. The number of nitrogens with zero attached hydrogens (tertiary/aromatic N) is 2. The molecule has 9 heteroatoms. The Balaban J connectivity index is 1.91. The number of sulfone groups is 1. The second-order valence-electron chi connectivity index (χ2n) is 4.89. The molecule has 0 unspecified atom stereocenters. The molecule has 3 rings (SSSR count). The number of benzene rings is 2. The van der Waals surface area contributed by atoms with Crippen LogP contribution in [0.2, 0.25) is 15.1 Å². The lowest BCUT2D eigenvalue weighted by molar-refractivity contribution is 0.439. The van der Waals surface area contributed by atoms with Gasteiger partial charge in [-0.05, 0) is 35.9 Å². The van der Waals surface area contributed by atoms with Gasteiger partial charge in [0.15, 0.2) is 0 Å². The van der Waals surface area contributed by atoms with Crippen molar-refractivity contribution in [3.8, 4) is 11.5 Å². The van der Waals surface area contributed by atoms with Crippen LogP contribution >= 0.6 is 34.8 Å². The summed E-state index contributed by atoms with van der Waals surface area (Å²) in [5, 5.41) is 8.06. The summed E-state index contributed by atoms with van der Waals surface area (Å²) in [5.74, 6) is -0.301. The van der Waals surface area contributed by atoms with Crippen LogP contribution in [0.3, 0.4) is 0 Å². The summed E-state index contributed by atoms with van der Waals surface area (Å²) in [6, 6.07) is 11.2. The van der Waals surface area contributed by atoms with E-state index in [1.807, 2.05) is 0 Å². The summed E-state index contributed by atoms with van der Waals surface area (Å²) in [5.41, 5.74) is 0.921. The first kappa shape index (κ1) is 17.2. The van der Waals surface area contributed by atoms with Crippen molar-refractivity contribution in [2.24, 2.45) is 0 Å². The van der Waals surface area contributed by atoms with Gasteiger partial charge in [-0.3, -0.25) is 0 Å². The van der Waals surface area contributed by atoms with Crippen molar-refractivity contribution in [3.63, 3.8) is 0 Å². The highest BCUT2D eigenvalue weighted by atomic mass is 35.5. The van der Waals surface area contributed by atoms with E-state index in [0.717, 1.165) is 0 Å². The van der Waals surface area contributed by atoms with Crippen LogP contribution in [0.1, 0.15) is 5.56 Å². The molecule has 0 saturated carbocycles. The molecule has 3 aromatic rings. The van der Waals surface area contributed by atoms with Crippen LogP contribution in [-0.4, -0.2) is 18.6 Å². The SMILES string of the molecule is O=S(=O)(Cc1cccc(Cl)c1)c1nnc(-c2ccc(Cl)cc2Cl)o1. The van der Waals surface area contributed by atoms with Gasteiger partial charge >= 0.3 is 5.22 Å². The van der Waals surface area contributed by atoms with E-state index in [2.05, 4.69) is 10.2 Å². The van der Waals surface area contributed by atoms with Crippen molar-refractivity contribution in [1.29, 1.82) is 0 Å². The van der Waals surface area contributed by atoms with Crippen LogP contribution in [-0.2, 0) is 15.6 Å². The number of halogens is 3. The minimum atomic E-state index is -3.81. The van der Waals surface area contributed by atoms with Gasteiger partial charge < -0.3 is 4.42 Å². The minimum Gasteiger partial charge on any atom is -0.408 e. The van der Waals surface area contributed by atoms with Gasteiger partial charge in [-0.2, -0.15) is 0 Å². The van der Waals surface area contributed by atoms with Gasteiger partial charge in [-0.15, -0.1) is 5.10 Å². The number of hydrogen-bond donors (Lipinski definition) is 0. The van der Waals surface area contributed by atoms with E-state index in [9.17, 15) is 8.42 Å². The number of aromatic nitrogens is 2. The third kappa shape index (κ3) is 3.72. The molecule has 0 aliphatic rings. The summed E-state index contributed by atoms with van der Waals surface area (Å²) in [6.45, 7) is 0. The van der Waals surface area contributed by atoms with Crippen molar-refractivity contribution in [2.45, 2.75) is 11.0 Å². The van der Waals surface area contributed by atoms with Crippen LogP contribution < -0.4 is 0 Å². The predicted molar refractivity (Wildman–Crippen MR) is 92.1 cm³/mol. The van der Waals surface area contributed by atoms with Gasteiger partial charge in [-0.25, -0.2) is 8.42 Å². The van der Waals surface area contributed by atoms with Gasteiger partial charge in [0.1, 0.15) is 0 Å². The molecule has 0 atom stereocenters. The smallest absolute Gasteiger partial charge is 0.336 e. The number of hydrogen-bond acceptors (Lipinski definition) is 5. The second kappa shape index (κ2) is 6.72. The molecule has 24 heavy (non-hydrogen) atoms. The van der Waals surface area contributed by atoms with Crippen molar-refractivity contribution in [1.82, 2.24) is 10.2 Å². The molecular formula is C15H9Cl3N2O3S. The zero-order valence-electron chi connectivity index (χ0n) is 11.9. The molecule has 0 amide bonds. The largest absolute Gasteiger partial charge is 0.408 e. The van der Waals surface area contributed by atoms with Gasteiger partial charge in [0, 0.05) is 10.0 Å². The topological polar surface area (TPSA) is 73.1 Å². The van der Waals surface area contributed by atoms with E-state index in [1.165, 1.54) is 6.07 Å². The van der Waals surface area contributed by atoms with Crippen molar-refractivity contribution >= 4 is 44.6 Å². The van der Waals surface area contributed by atoms with Crippen molar-refractivity contribution in [3.05, 3.63) is 63.1 Å². The zero-order valence-corrected chi connectivity index (χ0v) is 15.0. The first-order chi connectivity index (χ1) is 11.3. The molecule has 2 aromatic carbocycles. The first-order valence-corrected chi connectivity index (χ1v) is 9.40. The lowest BCUT2D eigenvalue weighted by Crippen LogP contribution is -2.05. The summed E-state index contributed by atoms with van der Waals surface area (Å²) in [7, 11) is -3.81. The fourth-order valence-electron chi connectivity index (χ4n) is 2.02. The Labute approximate surface area is 153 Å². The molecule has 0 bridgehead atoms. The molecule has 1 aromatic heterocycles. The molecular weight excluding hydrogens is 395 g/mol. The Hall–Kier alpha value is -1.60. The quantitative estimate of drug-likeness (QED) is 0.633. The zero-order chi connectivity index (χ0) is 17.3. The van der Waals surface area contributed by atoms with E-state index in [1.54, 1.807) is 36.4 Å². The molecule has 0 spiro atoms. The molecule has 0 aliphatic heterocycles. The molecule has 5 nitrogen and oxygen atoms in total. The average molecular weight is 404 g/mol. The van der Waals surface area contributed by atoms with E-state index < -0.39 is 15.1 Å². The third-order valence-electron chi connectivity index (χ3n) is 3.08. The number of rotatable bonds is 4. The predicted octanol–water partition coefficient (Wildman–Crippen LogP) is 4.67. The Morgan fingerprint density at radius 2 is 1.71 bits per heavy atom. The summed E-state index contributed by atoms with van der Waals surface area (Å²) >= 11 is 17.7. The van der Waals surface area contributed by atoms with Crippen LogP contribution in [0.4, 0.5) is 0 Å². The monoisotopic (exact) mass is 402 g/mol. The molecule has 0 fully saturated rings. The average Bonchev–Trinajstić information content (AvgIpc) is 2.97. The second-order valence-corrected chi connectivity index (χ2v) is 8.03. The van der Waals surface area contributed by atoms with Crippen LogP contribution in [0.5, 0.6) is 0 Å². The maximum atomic E-state index is 12.4. The maximum Gasteiger partial charge on any atom is 0.336 e. The van der Waals surface area contributed by atoms with Crippen molar-refractivity contribution < 1.29 is 12.8 Å². The van der Waals surface area contributed by atoms with Crippen LogP contribution in [0.15, 0.2) is 52.1 Å². The Bertz CT molecular complexity index is 1000. The van der Waals surface area contributed by atoms with Gasteiger partial charge in [0.05, 0.1) is 16.3 Å². The fraction of sp³-hybridized carbons (Fsp3) is 0.0667. The van der Waals surface area contributed by atoms with E-state index in [4.69, 9.17) is 39.2 Å². The van der Waals surface area contributed by atoms with Gasteiger partial charge in [0.2, 0.25) is 15.7 Å². The fourth-order valence-corrected chi connectivity index (χ4v) is 3.83. The van der Waals surface area contributed by atoms with E-state index >= 15 is 0 Å². The lowest BCUT2D eigenvalue weighted by atomic mass is 10.2. The van der Waals surface area contributed by atoms with Crippen LogP contribution in [0.25, 0.3) is 11.5 Å². The lowest BCUT2D eigenvalue weighted by Gasteiger charge is -2.01. The van der Waals surface area contributed by atoms with E-state index in [0.29, 0.717) is 21.2 Å². The highest BCUT2D eigenvalue weighted by molar-refractivity contribution is 7.90. The highest BCUT2D eigenvalue weighted by Gasteiger charge is 2.24. The summed E-state index contributed by atoms with van der Waals surface area (Å²) < 4.78 is 30.1. The molecule has 0 saturated heterocycles. The van der Waals surface area contributed by atoms with Gasteiger partial charge in [-0.1, -0.05) is 52.0 Å². The third-order valence-corrected chi connectivity index (χ3v) is 5.27.